The highest BCUT2D eigenvalue weighted by Crippen LogP contribution is 2.35. The van der Waals surface area contributed by atoms with Crippen LogP contribution in [0.2, 0.25) is 10.0 Å². The predicted octanol–water partition coefficient (Wildman–Crippen LogP) is 3.39. The van der Waals surface area contributed by atoms with Crippen molar-refractivity contribution in [3.05, 3.63) is 22.2 Å². The molecule has 1 aliphatic heterocycles. The Morgan fingerprint density at radius 3 is 2.65 bits per heavy atom. The Balaban J connectivity index is 2.37. The van der Waals surface area contributed by atoms with E-state index in [2.05, 4.69) is 6.92 Å². The lowest BCUT2D eigenvalue weighted by Crippen LogP contribution is -2.32. The number of hydrogen-bond acceptors (Lipinski definition) is 3. The Morgan fingerprint density at radius 1 is 1.25 bits per heavy atom. The first-order chi connectivity index (χ1) is 9.34. The summed E-state index contributed by atoms with van der Waals surface area (Å²) in [7, 11) is -3.62. The van der Waals surface area contributed by atoms with Crippen LogP contribution >= 0.6 is 23.2 Å². The Kier molecular flexibility index (Phi) is 4.84. The van der Waals surface area contributed by atoms with Gasteiger partial charge in [-0.3, -0.25) is 0 Å². The molecule has 1 atom stereocenters. The Hall–Kier alpha value is -0.490. The Morgan fingerprint density at radius 2 is 1.95 bits per heavy atom. The molecule has 7 heteroatoms. The number of benzene rings is 1. The molecule has 112 valence electrons. The van der Waals surface area contributed by atoms with Gasteiger partial charge in [0.25, 0.3) is 0 Å². The van der Waals surface area contributed by atoms with E-state index in [1.54, 1.807) is 0 Å². The van der Waals surface area contributed by atoms with Crippen molar-refractivity contribution in [1.29, 1.82) is 0 Å². The Bertz CT molecular complexity index is 605. The third-order valence-electron chi connectivity index (χ3n) is 3.68. The van der Waals surface area contributed by atoms with Gasteiger partial charge in [0.05, 0.1) is 15.7 Å². The summed E-state index contributed by atoms with van der Waals surface area (Å²) in [5.74, 6) is 0.543. The molecule has 1 aromatic carbocycles. The van der Waals surface area contributed by atoms with E-state index in [1.807, 2.05) is 0 Å². The fraction of sp³-hybridized carbons (Fsp3) is 0.538. The molecule has 1 saturated heterocycles. The molecule has 20 heavy (non-hydrogen) atoms. The van der Waals surface area contributed by atoms with Gasteiger partial charge in [0.1, 0.15) is 4.90 Å². The van der Waals surface area contributed by atoms with Crippen LogP contribution in [-0.4, -0.2) is 25.8 Å². The second kappa shape index (κ2) is 6.10. The van der Waals surface area contributed by atoms with E-state index in [9.17, 15) is 8.42 Å². The summed E-state index contributed by atoms with van der Waals surface area (Å²) in [6.07, 6.45) is 2.77. The maximum absolute atomic E-state index is 12.7. The molecular weight excluding hydrogens is 319 g/mol. The molecule has 0 bridgehead atoms. The summed E-state index contributed by atoms with van der Waals surface area (Å²) < 4.78 is 26.8. The van der Waals surface area contributed by atoms with Gasteiger partial charge in [-0.25, -0.2) is 8.42 Å². The summed E-state index contributed by atoms with van der Waals surface area (Å²) in [4.78, 5) is 0.0376. The molecule has 0 saturated carbocycles. The normalized spacial score (nSPS) is 21.6. The molecule has 4 nitrogen and oxygen atoms in total. The first kappa shape index (κ1) is 15.9. The zero-order valence-electron chi connectivity index (χ0n) is 11.3. The van der Waals surface area contributed by atoms with E-state index < -0.39 is 10.0 Å². The van der Waals surface area contributed by atoms with Gasteiger partial charge in [-0.1, -0.05) is 30.1 Å². The molecule has 0 spiro atoms. The smallest absolute Gasteiger partial charge is 0.244 e. The summed E-state index contributed by atoms with van der Waals surface area (Å²) in [5, 5.41) is 0.272. The standard InChI is InChI=1S/C13H18Cl2N2O2S/c1-9-3-2-7-17(8-6-9)20(18,19)11-5-4-10(14)13(16)12(11)15/h4-5,9H,2-3,6-8,16H2,1H3. The highest BCUT2D eigenvalue weighted by molar-refractivity contribution is 7.89. The summed E-state index contributed by atoms with van der Waals surface area (Å²) in [6, 6.07) is 2.89. The number of hydrogen-bond donors (Lipinski definition) is 1. The van der Waals surface area contributed by atoms with Crippen LogP contribution in [0, 0.1) is 5.92 Å². The largest absolute Gasteiger partial charge is 0.396 e. The van der Waals surface area contributed by atoms with Crippen LogP contribution in [0.4, 0.5) is 5.69 Å². The van der Waals surface area contributed by atoms with Crippen LogP contribution in [0.5, 0.6) is 0 Å². The molecule has 0 amide bonds. The van der Waals surface area contributed by atoms with Gasteiger partial charge < -0.3 is 5.73 Å². The summed E-state index contributed by atoms with van der Waals surface area (Å²) in [6.45, 7) is 3.18. The van der Waals surface area contributed by atoms with Gasteiger partial charge in [0.2, 0.25) is 10.0 Å². The molecule has 1 heterocycles. The van der Waals surface area contributed by atoms with Crippen molar-refractivity contribution in [1.82, 2.24) is 4.31 Å². The topological polar surface area (TPSA) is 63.4 Å². The lowest BCUT2D eigenvalue weighted by atomic mass is 10.0. The molecule has 0 aliphatic carbocycles. The van der Waals surface area contributed by atoms with Crippen molar-refractivity contribution in [2.75, 3.05) is 18.8 Å². The second-order valence-corrected chi connectivity index (χ2v) is 7.90. The molecule has 0 aromatic heterocycles. The van der Waals surface area contributed by atoms with Crippen LogP contribution in [0.1, 0.15) is 26.2 Å². The van der Waals surface area contributed by atoms with Crippen molar-refractivity contribution in [3.63, 3.8) is 0 Å². The number of nitrogen functional groups attached to an aromatic ring is 1. The summed E-state index contributed by atoms with van der Waals surface area (Å²) >= 11 is 11.9. The molecule has 1 aromatic rings. The second-order valence-electron chi connectivity index (χ2n) is 5.21. The van der Waals surface area contributed by atoms with E-state index in [-0.39, 0.29) is 20.6 Å². The molecule has 0 radical (unpaired) electrons. The minimum absolute atomic E-state index is 0.00907. The zero-order valence-corrected chi connectivity index (χ0v) is 13.6. The van der Waals surface area contributed by atoms with E-state index in [0.29, 0.717) is 19.0 Å². The number of nitrogens with two attached hydrogens (primary N) is 1. The van der Waals surface area contributed by atoms with Crippen molar-refractivity contribution in [2.45, 2.75) is 31.1 Å². The monoisotopic (exact) mass is 336 g/mol. The lowest BCUT2D eigenvalue weighted by molar-refractivity contribution is 0.417. The number of anilines is 1. The number of nitrogens with zero attached hydrogens (tertiary/aromatic N) is 1. The van der Waals surface area contributed by atoms with E-state index in [1.165, 1.54) is 16.4 Å². The number of halogens is 2. The average molecular weight is 337 g/mol. The van der Waals surface area contributed by atoms with Crippen molar-refractivity contribution >= 4 is 38.9 Å². The van der Waals surface area contributed by atoms with Crippen molar-refractivity contribution < 1.29 is 8.42 Å². The number of rotatable bonds is 2. The maximum Gasteiger partial charge on any atom is 0.244 e. The maximum atomic E-state index is 12.7. The van der Waals surface area contributed by atoms with Crippen LogP contribution in [0.3, 0.4) is 0 Å². The van der Waals surface area contributed by atoms with Crippen LogP contribution in [-0.2, 0) is 10.0 Å². The first-order valence-corrected chi connectivity index (χ1v) is 8.77. The van der Waals surface area contributed by atoms with Gasteiger partial charge in [-0.05, 0) is 37.3 Å². The first-order valence-electron chi connectivity index (χ1n) is 6.57. The zero-order chi connectivity index (χ0) is 14.9. The lowest BCUT2D eigenvalue weighted by Gasteiger charge is -2.21. The molecule has 1 fully saturated rings. The molecule has 2 N–H and O–H groups in total. The van der Waals surface area contributed by atoms with Gasteiger partial charge in [-0.2, -0.15) is 4.31 Å². The third kappa shape index (κ3) is 3.06. The minimum atomic E-state index is -3.62. The highest BCUT2D eigenvalue weighted by Gasteiger charge is 2.29. The van der Waals surface area contributed by atoms with Crippen LogP contribution in [0.15, 0.2) is 17.0 Å². The SMILES string of the molecule is CC1CCCN(S(=O)(=O)c2ccc(Cl)c(N)c2Cl)CC1. The van der Waals surface area contributed by atoms with E-state index >= 15 is 0 Å². The van der Waals surface area contributed by atoms with E-state index in [4.69, 9.17) is 28.9 Å². The average Bonchev–Trinajstić information content (AvgIpc) is 2.61. The third-order valence-corrected chi connectivity index (χ3v) is 6.47. The van der Waals surface area contributed by atoms with Crippen molar-refractivity contribution in [2.24, 2.45) is 5.92 Å². The quantitative estimate of drug-likeness (QED) is 0.842. The number of sulfonamides is 1. The highest BCUT2D eigenvalue weighted by atomic mass is 35.5. The predicted molar refractivity (Wildman–Crippen MR) is 82.6 cm³/mol. The fourth-order valence-corrected chi connectivity index (χ4v) is 4.60. The fourth-order valence-electron chi connectivity index (χ4n) is 2.36. The molecule has 1 aliphatic rings. The molecular formula is C13H18Cl2N2O2S. The molecule has 1 unspecified atom stereocenters. The van der Waals surface area contributed by atoms with Gasteiger partial charge in [0, 0.05) is 13.1 Å². The minimum Gasteiger partial charge on any atom is -0.396 e. The van der Waals surface area contributed by atoms with Crippen LogP contribution < -0.4 is 5.73 Å². The van der Waals surface area contributed by atoms with Gasteiger partial charge >= 0.3 is 0 Å². The van der Waals surface area contributed by atoms with Gasteiger partial charge in [-0.15, -0.1) is 0 Å². The van der Waals surface area contributed by atoms with Crippen molar-refractivity contribution in [3.8, 4) is 0 Å². The van der Waals surface area contributed by atoms with E-state index in [0.717, 1.165) is 19.3 Å². The molecule has 2 rings (SSSR count). The van der Waals surface area contributed by atoms with Gasteiger partial charge in [0.15, 0.2) is 0 Å². The summed E-state index contributed by atoms with van der Waals surface area (Å²) in [5.41, 5.74) is 5.82. The van der Waals surface area contributed by atoms with Crippen LogP contribution in [0.25, 0.3) is 0 Å². The Labute approximate surface area is 129 Å².